The second-order valence-electron chi connectivity index (χ2n) is 1.96. The highest BCUT2D eigenvalue weighted by atomic mass is 16.1. The van der Waals surface area contributed by atoms with E-state index in [1.54, 1.807) is 0 Å². The van der Waals surface area contributed by atoms with Crippen molar-refractivity contribution in [3.8, 4) is 0 Å². The van der Waals surface area contributed by atoms with Gasteiger partial charge in [0.15, 0.2) is 0 Å². The summed E-state index contributed by atoms with van der Waals surface area (Å²) in [6.45, 7) is 3.83. The van der Waals surface area contributed by atoms with Gasteiger partial charge < -0.3 is 10.5 Å². The fourth-order valence-corrected chi connectivity index (χ4v) is 0.157. The third-order valence-corrected chi connectivity index (χ3v) is 0.927. The van der Waals surface area contributed by atoms with Crippen LogP contribution in [0.4, 0.5) is 0 Å². The van der Waals surface area contributed by atoms with Crippen molar-refractivity contribution in [2.24, 2.45) is 11.7 Å². The molecule has 0 saturated heterocycles. The van der Waals surface area contributed by atoms with Crippen molar-refractivity contribution in [2.45, 2.75) is 19.9 Å². The molecule has 0 spiro atoms. The lowest BCUT2D eigenvalue weighted by Gasteiger charge is -2.04. The molecule has 2 heteroatoms. The van der Waals surface area contributed by atoms with E-state index in [2.05, 4.69) is 0 Å². The predicted octanol–water partition coefficient (Wildman–Crippen LogP) is 0.169. The summed E-state index contributed by atoms with van der Waals surface area (Å²) in [7, 11) is 0. The summed E-state index contributed by atoms with van der Waals surface area (Å²) in [5, 5.41) is 0. The molecule has 42 valence electrons. The van der Waals surface area contributed by atoms with Gasteiger partial charge in [-0.15, -0.1) is 0 Å². The Morgan fingerprint density at radius 3 is 2.00 bits per heavy atom. The molecule has 0 heterocycles. The molecule has 0 saturated carbocycles. The van der Waals surface area contributed by atoms with E-state index >= 15 is 0 Å². The van der Waals surface area contributed by atoms with Crippen LogP contribution < -0.4 is 5.73 Å². The summed E-state index contributed by atoms with van der Waals surface area (Å²) >= 11 is 0. The lowest BCUT2D eigenvalue weighted by molar-refractivity contribution is -0.109. The third kappa shape index (κ3) is 2.34. The Morgan fingerprint density at radius 1 is 1.57 bits per heavy atom. The number of carbonyl (C=O) groups is 1. The van der Waals surface area contributed by atoms with Crippen molar-refractivity contribution < 1.29 is 4.79 Å². The lowest BCUT2D eigenvalue weighted by Crippen LogP contribution is -2.27. The number of hydrogen-bond acceptors (Lipinski definition) is 2. The summed E-state index contributed by atoms with van der Waals surface area (Å²) in [6, 6.07) is -0.278. The van der Waals surface area contributed by atoms with E-state index in [-0.39, 0.29) is 12.0 Å². The molecule has 0 rings (SSSR count). The molecule has 2 N–H and O–H groups in total. The summed E-state index contributed by atoms with van der Waals surface area (Å²) in [5.74, 6) is 0.275. The first kappa shape index (κ1) is 6.63. The van der Waals surface area contributed by atoms with Crippen LogP contribution >= 0.6 is 0 Å². The average Bonchev–Trinajstić information content (AvgIpc) is 1.65. The molecule has 2 nitrogen and oxygen atoms in total. The molecule has 0 unspecified atom stereocenters. The van der Waals surface area contributed by atoms with Crippen molar-refractivity contribution in [3.05, 3.63) is 0 Å². The van der Waals surface area contributed by atoms with Gasteiger partial charge >= 0.3 is 0 Å². The standard InChI is InChI=1S/C5H11NO/c1-4(2)5(6)3-7/h3-5H,6H2,1-2H3/t5-/m1/s1. The molecule has 0 bridgehead atoms. The van der Waals surface area contributed by atoms with E-state index in [1.807, 2.05) is 13.8 Å². The minimum Gasteiger partial charge on any atom is -0.322 e. The molecule has 0 radical (unpaired) electrons. The summed E-state index contributed by atoms with van der Waals surface area (Å²) in [4.78, 5) is 9.82. The second-order valence-corrected chi connectivity index (χ2v) is 1.96. The van der Waals surface area contributed by atoms with Crippen LogP contribution in [0, 0.1) is 5.92 Å². The second kappa shape index (κ2) is 2.75. The van der Waals surface area contributed by atoms with Crippen LogP contribution in [-0.4, -0.2) is 12.3 Å². The molecule has 0 aliphatic heterocycles. The molecule has 0 aliphatic rings. The number of hydrogen-bond donors (Lipinski definition) is 1. The third-order valence-electron chi connectivity index (χ3n) is 0.927. The Morgan fingerprint density at radius 2 is 2.00 bits per heavy atom. The maximum Gasteiger partial charge on any atom is 0.136 e. The first-order valence-electron chi connectivity index (χ1n) is 2.39. The molecule has 0 aromatic rings. The van der Waals surface area contributed by atoms with Gasteiger partial charge in [0.1, 0.15) is 6.29 Å². The van der Waals surface area contributed by atoms with Crippen LogP contribution in [0.5, 0.6) is 0 Å². The monoisotopic (exact) mass is 101 g/mol. The average molecular weight is 101 g/mol. The molecule has 0 fully saturated rings. The highest BCUT2D eigenvalue weighted by molar-refractivity contribution is 5.57. The van der Waals surface area contributed by atoms with Crippen LogP contribution in [0.15, 0.2) is 0 Å². The summed E-state index contributed by atoms with van der Waals surface area (Å²) in [6.07, 6.45) is 0.769. The van der Waals surface area contributed by atoms with Gasteiger partial charge in [-0.2, -0.15) is 0 Å². The zero-order valence-electron chi connectivity index (χ0n) is 4.72. The lowest BCUT2D eigenvalue weighted by atomic mass is 10.1. The Balaban J connectivity index is 3.33. The zero-order chi connectivity index (χ0) is 5.86. The van der Waals surface area contributed by atoms with Crippen molar-refractivity contribution in [3.63, 3.8) is 0 Å². The Kier molecular flexibility index (Phi) is 2.60. The van der Waals surface area contributed by atoms with Crippen molar-refractivity contribution in [2.75, 3.05) is 0 Å². The molecule has 0 aromatic heterocycles. The quantitative estimate of drug-likeness (QED) is 0.504. The summed E-state index contributed by atoms with van der Waals surface area (Å²) in [5.41, 5.74) is 5.25. The highest BCUT2D eigenvalue weighted by Gasteiger charge is 2.02. The SMILES string of the molecule is CC(C)[C@H](N)C=O. The highest BCUT2D eigenvalue weighted by Crippen LogP contribution is 1.92. The predicted molar refractivity (Wildman–Crippen MR) is 28.9 cm³/mol. The van der Waals surface area contributed by atoms with Gasteiger partial charge in [0, 0.05) is 0 Å². The van der Waals surface area contributed by atoms with Crippen LogP contribution in [0.25, 0.3) is 0 Å². The van der Waals surface area contributed by atoms with Gasteiger partial charge in [0.25, 0.3) is 0 Å². The van der Waals surface area contributed by atoms with Crippen LogP contribution in [0.1, 0.15) is 13.8 Å². The first-order chi connectivity index (χ1) is 3.18. The number of rotatable bonds is 2. The van der Waals surface area contributed by atoms with Crippen molar-refractivity contribution in [1.29, 1.82) is 0 Å². The maximum atomic E-state index is 9.82. The van der Waals surface area contributed by atoms with E-state index in [1.165, 1.54) is 0 Å². The van der Waals surface area contributed by atoms with Gasteiger partial charge in [-0.25, -0.2) is 0 Å². The fourth-order valence-electron chi connectivity index (χ4n) is 0.157. The van der Waals surface area contributed by atoms with E-state index < -0.39 is 0 Å². The largest absolute Gasteiger partial charge is 0.322 e. The smallest absolute Gasteiger partial charge is 0.136 e. The Bertz CT molecular complexity index is 61.1. The van der Waals surface area contributed by atoms with Gasteiger partial charge in [0.05, 0.1) is 6.04 Å². The maximum absolute atomic E-state index is 9.82. The van der Waals surface area contributed by atoms with Crippen molar-refractivity contribution >= 4 is 6.29 Å². The van der Waals surface area contributed by atoms with Gasteiger partial charge in [-0.1, -0.05) is 13.8 Å². The van der Waals surface area contributed by atoms with Crippen molar-refractivity contribution in [1.82, 2.24) is 0 Å². The van der Waals surface area contributed by atoms with E-state index in [9.17, 15) is 4.79 Å². The Labute approximate surface area is 43.7 Å². The minimum atomic E-state index is -0.278. The molecule has 7 heavy (non-hydrogen) atoms. The van der Waals surface area contributed by atoms with Crippen LogP contribution in [0.3, 0.4) is 0 Å². The number of aldehydes is 1. The molecule has 0 aliphatic carbocycles. The van der Waals surface area contributed by atoms with Gasteiger partial charge in [-0.3, -0.25) is 0 Å². The normalized spacial score (nSPS) is 14.3. The van der Waals surface area contributed by atoms with E-state index in [4.69, 9.17) is 5.73 Å². The van der Waals surface area contributed by atoms with Gasteiger partial charge in [-0.05, 0) is 5.92 Å². The van der Waals surface area contributed by atoms with Gasteiger partial charge in [0.2, 0.25) is 0 Å². The molecule has 0 amide bonds. The van der Waals surface area contributed by atoms with E-state index in [0.717, 1.165) is 6.29 Å². The van der Waals surface area contributed by atoms with Crippen LogP contribution in [0.2, 0.25) is 0 Å². The van der Waals surface area contributed by atoms with E-state index in [0.29, 0.717) is 0 Å². The minimum absolute atomic E-state index is 0.275. The first-order valence-corrected chi connectivity index (χ1v) is 2.39. The number of carbonyl (C=O) groups excluding carboxylic acids is 1. The molecular formula is C5H11NO. The Hall–Kier alpha value is -0.370. The molecular weight excluding hydrogens is 90.1 g/mol. The topological polar surface area (TPSA) is 43.1 Å². The molecule has 1 atom stereocenters. The molecule has 0 aromatic carbocycles. The summed E-state index contributed by atoms with van der Waals surface area (Å²) < 4.78 is 0. The fraction of sp³-hybridized carbons (Fsp3) is 0.800. The number of nitrogens with two attached hydrogens (primary N) is 1. The van der Waals surface area contributed by atoms with Crippen LogP contribution in [-0.2, 0) is 4.79 Å². The zero-order valence-corrected chi connectivity index (χ0v) is 4.72.